The summed E-state index contributed by atoms with van der Waals surface area (Å²) in [6.07, 6.45) is 7.86. The third kappa shape index (κ3) is 6.77. The first-order valence-electron chi connectivity index (χ1n) is 20.9. The van der Waals surface area contributed by atoms with Crippen LogP contribution in [0, 0.1) is 23.7 Å². The molecule has 1 spiro atoms. The highest BCUT2D eigenvalue weighted by molar-refractivity contribution is 5.84. The topological polar surface area (TPSA) is 133 Å². The molecule has 6 unspecified atom stereocenters. The zero-order valence-corrected chi connectivity index (χ0v) is 34.2. The summed E-state index contributed by atoms with van der Waals surface area (Å²) < 4.78 is 24.8. The van der Waals surface area contributed by atoms with Crippen LogP contribution in [-0.4, -0.2) is 43.2 Å². The predicted octanol–water partition coefficient (Wildman–Crippen LogP) is 8.44. The fourth-order valence-electron chi connectivity index (χ4n) is 10.9. The molecule has 0 amide bonds. The number of hydrogen-bond acceptors (Lipinski definition) is 9. The van der Waals surface area contributed by atoms with Crippen LogP contribution in [0.25, 0.3) is 11.1 Å². The number of nitrogens with one attached hydrogen (secondary N) is 1. The quantitative estimate of drug-likeness (QED) is 0.103. The largest absolute Gasteiger partial charge is 0.508 e. The van der Waals surface area contributed by atoms with Gasteiger partial charge in [-0.1, -0.05) is 61.4 Å². The van der Waals surface area contributed by atoms with Gasteiger partial charge in [0, 0.05) is 47.1 Å². The van der Waals surface area contributed by atoms with Crippen molar-refractivity contribution in [3.63, 3.8) is 0 Å². The number of benzene rings is 4. The molecule has 0 radical (unpaired) electrons. The normalized spacial score (nSPS) is 24.7. The highest BCUT2D eigenvalue weighted by atomic mass is 16.5. The number of esters is 1. The molecule has 4 bridgehead atoms. The Hall–Kier alpha value is -5.85. The highest BCUT2D eigenvalue weighted by Gasteiger charge is 2.52. The Morgan fingerprint density at radius 3 is 2.58 bits per heavy atom. The van der Waals surface area contributed by atoms with E-state index in [9.17, 15) is 15.0 Å². The number of hydrogen-bond donors (Lipinski definition) is 4. The summed E-state index contributed by atoms with van der Waals surface area (Å²) in [5.41, 5.74) is 17.7. The molecule has 3 heterocycles. The number of ether oxygens (including phenoxy) is 4. The average molecular weight is 793 g/mol. The second-order valence-electron chi connectivity index (χ2n) is 16.9. The summed E-state index contributed by atoms with van der Waals surface area (Å²) in [6, 6.07) is 22.1. The maximum atomic E-state index is 12.4. The van der Waals surface area contributed by atoms with Gasteiger partial charge in [-0.3, -0.25) is 4.79 Å². The molecule has 2 aliphatic carbocycles. The molecule has 3 aliphatic heterocycles. The average Bonchev–Trinajstić information content (AvgIpc) is 3.81. The van der Waals surface area contributed by atoms with Crippen molar-refractivity contribution in [1.29, 1.82) is 0 Å². The lowest BCUT2D eigenvalue weighted by atomic mass is 9.64. The highest BCUT2D eigenvalue weighted by Crippen LogP contribution is 2.63. The van der Waals surface area contributed by atoms with E-state index in [2.05, 4.69) is 72.6 Å². The molecule has 4 aromatic carbocycles. The summed E-state index contributed by atoms with van der Waals surface area (Å²) in [4.78, 5) is 12.4. The van der Waals surface area contributed by atoms with E-state index in [0.717, 1.165) is 94.5 Å². The second-order valence-corrected chi connectivity index (χ2v) is 16.9. The van der Waals surface area contributed by atoms with Gasteiger partial charge in [-0.15, -0.1) is 0 Å². The maximum absolute atomic E-state index is 12.4. The first-order chi connectivity index (χ1) is 28.6. The van der Waals surface area contributed by atoms with E-state index in [1.165, 1.54) is 25.2 Å². The lowest BCUT2D eigenvalue weighted by Crippen LogP contribution is -2.42. The Morgan fingerprint density at radius 2 is 1.81 bits per heavy atom. The van der Waals surface area contributed by atoms with E-state index >= 15 is 0 Å². The van der Waals surface area contributed by atoms with Crippen molar-refractivity contribution < 1.29 is 34.0 Å². The number of dihydropyridines is 1. The van der Waals surface area contributed by atoms with Crippen LogP contribution in [0.4, 0.5) is 0 Å². The van der Waals surface area contributed by atoms with Crippen LogP contribution in [0.2, 0.25) is 0 Å². The first kappa shape index (κ1) is 38.7. The van der Waals surface area contributed by atoms with Gasteiger partial charge in [0.15, 0.2) is 11.5 Å². The van der Waals surface area contributed by atoms with Gasteiger partial charge in [0.25, 0.3) is 0 Å². The SMILES string of the molecule is CCC1=CC2=C(C#CCc3cc(O)c(OC)cc3C3Oc4c(ccc5c4C4(CCC(C4)C2CCc2ccccc2)Cc2cc(O)cc(OC)c2-5)C3COC(C)=O)NC1N. The lowest BCUT2D eigenvalue weighted by molar-refractivity contribution is -0.141. The Balaban J connectivity index is 1.30. The van der Waals surface area contributed by atoms with Gasteiger partial charge >= 0.3 is 5.97 Å². The third-order valence-corrected chi connectivity index (χ3v) is 13.6. The molecule has 1 fully saturated rings. The van der Waals surface area contributed by atoms with Gasteiger partial charge in [0.1, 0.15) is 30.0 Å². The summed E-state index contributed by atoms with van der Waals surface area (Å²) >= 11 is 0. The molecule has 4 aromatic rings. The lowest BCUT2D eigenvalue weighted by Gasteiger charge is -2.40. The number of aryl methyl sites for hydroxylation is 1. The standard InChI is InChI=1S/C50H52N2O7/c1-5-30-21-39-35(15-14-29-10-7-6-8-11-29)32-18-19-50(25-32)26-33-20-34(54)23-44(57-4)45(33)37-17-16-36-40(27-58-28(2)53)47(59-48(36)46(37)50)38-24-43(56-3)42(55)22-31(38)12-9-13-41(39)52-49(30)51/h6-8,10-11,16-17,20-24,32,35,40,47,49,52,54-55H,5,12,14-15,18-19,25-27,51H2,1-4H3. The molecule has 9 nitrogen and oxygen atoms in total. The number of allylic oxidation sites excluding steroid dienone is 3. The van der Waals surface area contributed by atoms with Gasteiger partial charge in [0.05, 0.1) is 32.0 Å². The maximum Gasteiger partial charge on any atom is 0.302 e. The number of carbonyl (C=O) groups is 1. The summed E-state index contributed by atoms with van der Waals surface area (Å²) in [6.45, 7) is 3.69. The molecule has 9 rings (SSSR count). The zero-order chi connectivity index (χ0) is 41.0. The number of phenolic OH excluding ortho intramolecular Hbond substituents is 2. The van der Waals surface area contributed by atoms with Crippen LogP contribution in [0.3, 0.4) is 0 Å². The summed E-state index contributed by atoms with van der Waals surface area (Å²) in [5.74, 6) is 8.68. The molecule has 1 saturated carbocycles. The van der Waals surface area contributed by atoms with Crippen LogP contribution < -0.4 is 25.3 Å². The minimum absolute atomic E-state index is 0.00725. The Kier molecular flexibility index (Phi) is 10.1. The number of carbonyl (C=O) groups excluding carboxylic acids is 1. The van der Waals surface area contributed by atoms with E-state index in [1.807, 2.05) is 12.1 Å². The molecule has 0 aromatic heterocycles. The van der Waals surface area contributed by atoms with Crippen molar-refractivity contribution in [1.82, 2.24) is 5.32 Å². The Morgan fingerprint density at radius 1 is 1.00 bits per heavy atom. The van der Waals surface area contributed by atoms with Crippen LogP contribution in [0.5, 0.6) is 28.7 Å². The molecular formula is C50H52N2O7. The van der Waals surface area contributed by atoms with E-state index in [1.54, 1.807) is 19.2 Å². The van der Waals surface area contributed by atoms with Gasteiger partial charge < -0.3 is 40.2 Å². The Labute approximate surface area is 346 Å². The summed E-state index contributed by atoms with van der Waals surface area (Å²) in [7, 11) is 3.18. The minimum atomic E-state index is -0.575. The molecule has 5 aliphatic rings. The molecular weight excluding hydrogens is 741 g/mol. The number of rotatable bonds is 8. The third-order valence-electron chi connectivity index (χ3n) is 13.6. The minimum Gasteiger partial charge on any atom is -0.508 e. The van der Waals surface area contributed by atoms with Crippen molar-refractivity contribution in [2.75, 3.05) is 20.8 Å². The predicted molar refractivity (Wildman–Crippen MR) is 226 cm³/mol. The van der Waals surface area contributed by atoms with Crippen molar-refractivity contribution in [2.24, 2.45) is 17.6 Å². The van der Waals surface area contributed by atoms with Crippen molar-refractivity contribution >= 4 is 5.97 Å². The monoisotopic (exact) mass is 792 g/mol. The molecule has 5 N–H and O–H groups in total. The number of phenols is 2. The second kappa shape index (κ2) is 15.4. The van der Waals surface area contributed by atoms with E-state index in [4.69, 9.17) is 24.7 Å². The van der Waals surface area contributed by atoms with Crippen LogP contribution in [0.15, 0.2) is 89.6 Å². The van der Waals surface area contributed by atoms with E-state index < -0.39 is 6.10 Å². The van der Waals surface area contributed by atoms with Crippen molar-refractivity contribution in [3.05, 3.63) is 123 Å². The number of nitrogens with two attached hydrogens (primary N) is 1. The molecule has 9 heteroatoms. The van der Waals surface area contributed by atoms with Crippen molar-refractivity contribution in [2.45, 2.75) is 88.8 Å². The number of methoxy groups -OCH3 is 2. The van der Waals surface area contributed by atoms with Gasteiger partial charge in [0.2, 0.25) is 0 Å². The Bertz CT molecular complexity index is 2460. The van der Waals surface area contributed by atoms with Gasteiger partial charge in [-0.25, -0.2) is 0 Å². The first-order valence-corrected chi connectivity index (χ1v) is 20.9. The molecule has 304 valence electrons. The fourth-order valence-corrected chi connectivity index (χ4v) is 10.9. The van der Waals surface area contributed by atoms with E-state index in [-0.39, 0.29) is 53.4 Å². The van der Waals surface area contributed by atoms with Crippen LogP contribution >= 0.6 is 0 Å². The smallest absolute Gasteiger partial charge is 0.302 e. The van der Waals surface area contributed by atoms with Crippen molar-refractivity contribution in [3.8, 4) is 51.7 Å². The number of aromatic hydroxyl groups is 2. The van der Waals surface area contributed by atoms with Crippen LogP contribution in [-0.2, 0) is 34.2 Å². The fraction of sp³-hybridized carbons (Fsp3) is 0.380. The molecule has 59 heavy (non-hydrogen) atoms. The van der Waals surface area contributed by atoms with Gasteiger partial charge in [-0.05, 0) is 114 Å². The molecule has 6 atom stereocenters. The van der Waals surface area contributed by atoms with E-state index in [0.29, 0.717) is 24.3 Å². The molecule has 0 saturated heterocycles. The van der Waals surface area contributed by atoms with Gasteiger partial charge in [-0.2, -0.15) is 0 Å². The van der Waals surface area contributed by atoms with Crippen LogP contribution in [0.1, 0.15) is 91.4 Å². The number of fused-ring (bicyclic) bond motifs is 6. The summed E-state index contributed by atoms with van der Waals surface area (Å²) in [5, 5.41) is 25.8. The zero-order valence-electron chi connectivity index (χ0n) is 34.2.